The van der Waals surface area contributed by atoms with Gasteiger partial charge in [-0.15, -0.1) is 0 Å². The van der Waals surface area contributed by atoms with E-state index in [2.05, 4.69) is 0 Å². The molecular formula is C16H17ClFNO3. The summed E-state index contributed by atoms with van der Waals surface area (Å²) in [7, 11) is 1.55. The summed E-state index contributed by atoms with van der Waals surface area (Å²) in [5.74, 6) is 0.583. The van der Waals surface area contributed by atoms with E-state index in [1.165, 1.54) is 18.2 Å². The van der Waals surface area contributed by atoms with E-state index in [1.807, 2.05) is 0 Å². The fourth-order valence-corrected chi connectivity index (χ4v) is 2.22. The van der Waals surface area contributed by atoms with Gasteiger partial charge in [0, 0.05) is 5.56 Å². The molecule has 0 saturated heterocycles. The lowest BCUT2D eigenvalue weighted by Gasteiger charge is -2.15. The van der Waals surface area contributed by atoms with Crippen molar-refractivity contribution in [2.75, 3.05) is 13.7 Å². The monoisotopic (exact) mass is 325 g/mol. The number of methoxy groups -OCH3 is 1. The Morgan fingerprint density at radius 3 is 2.59 bits per heavy atom. The van der Waals surface area contributed by atoms with Gasteiger partial charge in [0.15, 0.2) is 0 Å². The molecule has 0 fully saturated rings. The minimum Gasteiger partial charge on any atom is -0.496 e. The second-order valence-corrected chi connectivity index (χ2v) is 5.13. The Morgan fingerprint density at radius 2 is 1.95 bits per heavy atom. The molecule has 0 bridgehead atoms. The fourth-order valence-electron chi connectivity index (χ4n) is 2.00. The number of nitrogens with two attached hydrogens (primary N) is 1. The number of aliphatic hydroxyl groups is 1. The zero-order valence-electron chi connectivity index (χ0n) is 12.1. The number of hydrogen-bond acceptors (Lipinski definition) is 4. The quantitative estimate of drug-likeness (QED) is 0.856. The molecule has 0 spiro atoms. The predicted molar refractivity (Wildman–Crippen MR) is 82.8 cm³/mol. The molecule has 4 nitrogen and oxygen atoms in total. The van der Waals surface area contributed by atoms with Crippen molar-refractivity contribution in [2.45, 2.75) is 12.6 Å². The first-order valence-corrected chi connectivity index (χ1v) is 7.04. The first kappa shape index (κ1) is 16.5. The molecule has 0 aliphatic rings. The topological polar surface area (TPSA) is 64.7 Å². The van der Waals surface area contributed by atoms with Gasteiger partial charge in [0.25, 0.3) is 0 Å². The van der Waals surface area contributed by atoms with Gasteiger partial charge in [-0.1, -0.05) is 17.7 Å². The van der Waals surface area contributed by atoms with Gasteiger partial charge in [-0.2, -0.15) is 0 Å². The number of hydrogen-bond donors (Lipinski definition) is 2. The molecule has 1 atom stereocenters. The first-order chi connectivity index (χ1) is 10.5. The molecule has 3 N–H and O–H groups in total. The van der Waals surface area contributed by atoms with Crippen LogP contribution >= 0.6 is 11.6 Å². The average molecular weight is 326 g/mol. The van der Waals surface area contributed by atoms with Crippen LogP contribution < -0.4 is 15.2 Å². The molecule has 0 saturated carbocycles. The molecule has 0 aliphatic heterocycles. The smallest absolute Gasteiger partial charge is 0.138 e. The Labute approximate surface area is 133 Å². The molecule has 0 radical (unpaired) electrons. The normalized spacial score (nSPS) is 12.0. The number of aliphatic hydroxyl groups excluding tert-OH is 1. The van der Waals surface area contributed by atoms with Crippen LogP contribution in [0.4, 0.5) is 4.39 Å². The molecule has 2 aromatic rings. The summed E-state index contributed by atoms with van der Waals surface area (Å²) >= 11 is 5.92. The second kappa shape index (κ2) is 7.45. The minimum atomic E-state index is -0.473. The highest BCUT2D eigenvalue weighted by Crippen LogP contribution is 2.28. The minimum absolute atomic E-state index is 0.156. The van der Waals surface area contributed by atoms with E-state index in [9.17, 15) is 4.39 Å². The maximum Gasteiger partial charge on any atom is 0.138 e. The maximum absolute atomic E-state index is 13.0. The van der Waals surface area contributed by atoms with Gasteiger partial charge in [0.2, 0.25) is 0 Å². The van der Waals surface area contributed by atoms with Gasteiger partial charge in [-0.3, -0.25) is 0 Å². The van der Waals surface area contributed by atoms with Crippen LogP contribution in [0.15, 0.2) is 36.4 Å². The van der Waals surface area contributed by atoms with Crippen LogP contribution in [0.3, 0.4) is 0 Å². The van der Waals surface area contributed by atoms with Gasteiger partial charge in [0.05, 0.1) is 24.8 Å². The van der Waals surface area contributed by atoms with E-state index >= 15 is 0 Å². The highest BCUT2D eigenvalue weighted by atomic mass is 35.5. The summed E-state index contributed by atoms with van der Waals surface area (Å²) in [6, 6.07) is 8.80. The van der Waals surface area contributed by atoms with Gasteiger partial charge in [-0.25, -0.2) is 4.39 Å². The van der Waals surface area contributed by atoms with Crippen LogP contribution in [0.25, 0.3) is 0 Å². The number of benzene rings is 2. The molecule has 6 heteroatoms. The Hall–Kier alpha value is -1.82. The molecule has 0 unspecified atom stereocenters. The van der Waals surface area contributed by atoms with Crippen LogP contribution in [0.1, 0.15) is 17.2 Å². The van der Waals surface area contributed by atoms with Crippen LogP contribution in [0, 0.1) is 5.82 Å². The van der Waals surface area contributed by atoms with Crippen LogP contribution in [-0.4, -0.2) is 18.8 Å². The molecule has 2 aromatic carbocycles. The van der Waals surface area contributed by atoms with E-state index in [0.717, 1.165) is 11.1 Å². The summed E-state index contributed by atoms with van der Waals surface area (Å²) < 4.78 is 23.9. The molecule has 0 amide bonds. The number of halogens is 2. The van der Waals surface area contributed by atoms with Crippen molar-refractivity contribution < 1.29 is 19.0 Å². The van der Waals surface area contributed by atoms with Crippen LogP contribution in [-0.2, 0) is 6.61 Å². The second-order valence-electron chi connectivity index (χ2n) is 4.72. The molecule has 0 aliphatic carbocycles. The Morgan fingerprint density at radius 1 is 1.23 bits per heavy atom. The summed E-state index contributed by atoms with van der Waals surface area (Å²) in [6.45, 7) is 0.0247. The van der Waals surface area contributed by atoms with Crippen molar-refractivity contribution in [1.29, 1.82) is 0 Å². The van der Waals surface area contributed by atoms with Crippen LogP contribution in [0.2, 0.25) is 5.02 Å². The predicted octanol–water partition coefficient (Wildman–Crippen LogP) is 3.06. The molecular weight excluding hydrogens is 309 g/mol. The standard InChI is InChI=1S/C16H17ClFNO3/c1-21-15-4-2-10(14(19)8-20)6-11(15)9-22-16-5-3-12(18)7-13(16)17/h2-7,14,20H,8-9,19H2,1H3/t14-/m0/s1. The highest BCUT2D eigenvalue weighted by Gasteiger charge is 2.11. The number of ether oxygens (including phenoxy) is 2. The van der Waals surface area contributed by atoms with E-state index in [1.54, 1.807) is 25.3 Å². The van der Waals surface area contributed by atoms with Crippen molar-refractivity contribution in [2.24, 2.45) is 5.73 Å². The lowest BCUT2D eigenvalue weighted by molar-refractivity contribution is 0.267. The molecule has 22 heavy (non-hydrogen) atoms. The van der Waals surface area contributed by atoms with Crippen molar-refractivity contribution >= 4 is 11.6 Å². The van der Waals surface area contributed by atoms with Gasteiger partial charge >= 0.3 is 0 Å². The number of rotatable bonds is 6. The van der Waals surface area contributed by atoms with Gasteiger partial charge in [0.1, 0.15) is 23.9 Å². The van der Waals surface area contributed by atoms with Gasteiger partial charge < -0.3 is 20.3 Å². The Balaban J connectivity index is 2.20. The van der Waals surface area contributed by atoms with Crippen molar-refractivity contribution in [3.8, 4) is 11.5 Å². The third-order valence-electron chi connectivity index (χ3n) is 3.21. The van der Waals surface area contributed by atoms with E-state index in [0.29, 0.717) is 11.5 Å². The third kappa shape index (κ3) is 3.88. The summed E-state index contributed by atoms with van der Waals surface area (Å²) in [6.07, 6.45) is 0. The Kier molecular flexibility index (Phi) is 5.60. The lowest BCUT2D eigenvalue weighted by Crippen LogP contribution is -2.15. The molecule has 0 aromatic heterocycles. The third-order valence-corrected chi connectivity index (χ3v) is 3.50. The average Bonchev–Trinajstić information content (AvgIpc) is 2.53. The van der Waals surface area contributed by atoms with Crippen molar-refractivity contribution in [3.63, 3.8) is 0 Å². The largest absolute Gasteiger partial charge is 0.496 e. The molecule has 118 valence electrons. The first-order valence-electron chi connectivity index (χ1n) is 6.66. The zero-order valence-corrected chi connectivity index (χ0v) is 12.8. The Bertz CT molecular complexity index is 651. The summed E-state index contributed by atoms with van der Waals surface area (Å²) in [4.78, 5) is 0. The van der Waals surface area contributed by atoms with Crippen molar-refractivity contribution in [3.05, 3.63) is 58.4 Å². The summed E-state index contributed by atoms with van der Waals surface area (Å²) in [5, 5.41) is 9.33. The van der Waals surface area contributed by atoms with E-state index < -0.39 is 11.9 Å². The zero-order chi connectivity index (χ0) is 16.1. The van der Waals surface area contributed by atoms with Crippen molar-refractivity contribution in [1.82, 2.24) is 0 Å². The van der Waals surface area contributed by atoms with E-state index in [-0.39, 0.29) is 18.2 Å². The lowest BCUT2D eigenvalue weighted by atomic mass is 10.0. The maximum atomic E-state index is 13.0. The van der Waals surface area contributed by atoms with Crippen LogP contribution in [0.5, 0.6) is 11.5 Å². The van der Waals surface area contributed by atoms with Gasteiger partial charge in [-0.05, 0) is 35.9 Å². The fraction of sp³-hybridized carbons (Fsp3) is 0.250. The summed E-state index contributed by atoms with van der Waals surface area (Å²) in [5.41, 5.74) is 7.33. The highest BCUT2D eigenvalue weighted by molar-refractivity contribution is 6.32. The van der Waals surface area contributed by atoms with E-state index in [4.69, 9.17) is 31.9 Å². The SMILES string of the molecule is COc1ccc([C@@H](N)CO)cc1COc1ccc(F)cc1Cl. The molecule has 2 rings (SSSR count). The molecule has 0 heterocycles.